The maximum atomic E-state index is 11.1. The topological polar surface area (TPSA) is 78.0 Å². The van der Waals surface area contributed by atoms with Crippen molar-refractivity contribution in [2.24, 2.45) is 0 Å². The highest BCUT2D eigenvalue weighted by Gasteiger charge is 2.15. The Kier molecular flexibility index (Phi) is 3.16. The summed E-state index contributed by atoms with van der Waals surface area (Å²) < 4.78 is 1.64. The molecule has 0 saturated heterocycles. The van der Waals surface area contributed by atoms with Crippen LogP contribution in [0.15, 0.2) is 18.2 Å². The van der Waals surface area contributed by atoms with Crippen molar-refractivity contribution in [1.82, 2.24) is 9.78 Å². The summed E-state index contributed by atoms with van der Waals surface area (Å²) in [6.45, 7) is 5.72. The SMILES string of the molecule is Cc1nn(-c2ccc([N+](=O)[O-])cc2C=O)c(C)c1C. The standard InChI is InChI=1S/C13H13N3O3/c1-8-9(2)14-15(10(8)3)13-5-4-12(16(18)19)6-11(13)7-17/h4-7H,1-3H3. The van der Waals surface area contributed by atoms with Gasteiger partial charge in [0.1, 0.15) is 0 Å². The molecule has 2 rings (SSSR count). The summed E-state index contributed by atoms with van der Waals surface area (Å²) in [5.41, 5.74) is 3.51. The minimum atomic E-state index is -0.525. The maximum absolute atomic E-state index is 11.1. The number of hydrogen-bond donors (Lipinski definition) is 0. The van der Waals surface area contributed by atoms with Crippen molar-refractivity contribution in [2.45, 2.75) is 20.8 Å². The van der Waals surface area contributed by atoms with Gasteiger partial charge in [-0.25, -0.2) is 4.68 Å². The number of carbonyl (C=O) groups excluding carboxylic acids is 1. The zero-order chi connectivity index (χ0) is 14.2. The highest BCUT2D eigenvalue weighted by molar-refractivity contribution is 5.82. The Bertz CT molecular complexity index is 674. The lowest BCUT2D eigenvalue weighted by molar-refractivity contribution is -0.384. The Hall–Kier alpha value is -2.50. The van der Waals surface area contributed by atoms with Gasteiger partial charge in [0.05, 0.1) is 16.3 Å². The molecule has 1 aromatic carbocycles. The molecule has 6 heteroatoms. The number of aryl methyl sites for hydroxylation is 1. The summed E-state index contributed by atoms with van der Waals surface area (Å²) in [6, 6.07) is 4.17. The maximum Gasteiger partial charge on any atom is 0.270 e. The van der Waals surface area contributed by atoms with Crippen molar-refractivity contribution in [3.8, 4) is 5.69 Å². The Morgan fingerprint density at radius 2 is 2.00 bits per heavy atom. The van der Waals surface area contributed by atoms with Gasteiger partial charge in [-0.1, -0.05) is 0 Å². The first kappa shape index (κ1) is 12.9. The van der Waals surface area contributed by atoms with Crippen molar-refractivity contribution in [1.29, 1.82) is 0 Å². The van der Waals surface area contributed by atoms with Crippen LogP contribution in [0.1, 0.15) is 27.3 Å². The first-order chi connectivity index (χ1) is 8.95. The number of hydrogen-bond acceptors (Lipinski definition) is 4. The van der Waals surface area contributed by atoms with Gasteiger partial charge >= 0.3 is 0 Å². The van der Waals surface area contributed by atoms with Gasteiger partial charge in [-0.3, -0.25) is 14.9 Å². The third kappa shape index (κ3) is 2.12. The van der Waals surface area contributed by atoms with E-state index in [1.807, 2.05) is 20.8 Å². The normalized spacial score (nSPS) is 10.5. The first-order valence-electron chi connectivity index (χ1n) is 5.72. The number of non-ortho nitro benzene ring substituents is 1. The van der Waals surface area contributed by atoms with Crippen LogP contribution in [0.2, 0.25) is 0 Å². The van der Waals surface area contributed by atoms with Crippen LogP contribution in [0.4, 0.5) is 5.69 Å². The Labute approximate surface area is 109 Å². The molecule has 0 aliphatic carbocycles. The fourth-order valence-corrected chi connectivity index (χ4v) is 1.90. The van der Waals surface area contributed by atoms with Crippen LogP contribution in [-0.2, 0) is 0 Å². The van der Waals surface area contributed by atoms with Gasteiger partial charge in [0, 0.05) is 23.4 Å². The van der Waals surface area contributed by atoms with E-state index in [4.69, 9.17) is 0 Å². The molecule has 0 amide bonds. The molecule has 0 fully saturated rings. The Morgan fingerprint density at radius 1 is 1.32 bits per heavy atom. The lowest BCUT2D eigenvalue weighted by Crippen LogP contribution is -2.04. The number of aldehydes is 1. The average molecular weight is 259 g/mol. The molecule has 0 atom stereocenters. The number of nitro benzene ring substituents is 1. The number of benzene rings is 1. The summed E-state index contributed by atoms with van der Waals surface area (Å²) >= 11 is 0. The predicted molar refractivity (Wildman–Crippen MR) is 69.8 cm³/mol. The zero-order valence-electron chi connectivity index (χ0n) is 10.9. The summed E-state index contributed by atoms with van der Waals surface area (Å²) in [4.78, 5) is 21.3. The van der Waals surface area contributed by atoms with Gasteiger partial charge < -0.3 is 0 Å². The van der Waals surface area contributed by atoms with Crippen molar-refractivity contribution in [3.63, 3.8) is 0 Å². The molecule has 1 aromatic heterocycles. The molecular formula is C13H13N3O3. The quantitative estimate of drug-likeness (QED) is 0.482. The van der Waals surface area contributed by atoms with Crippen LogP contribution in [0.25, 0.3) is 5.69 Å². The van der Waals surface area contributed by atoms with E-state index in [0.29, 0.717) is 12.0 Å². The fourth-order valence-electron chi connectivity index (χ4n) is 1.90. The summed E-state index contributed by atoms with van der Waals surface area (Å²) in [5.74, 6) is 0. The van der Waals surface area contributed by atoms with Gasteiger partial charge in [0.25, 0.3) is 5.69 Å². The molecule has 6 nitrogen and oxygen atoms in total. The minimum Gasteiger partial charge on any atom is -0.298 e. The van der Waals surface area contributed by atoms with Gasteiger partial charge in [0.2, 0.25) is 0 Å². The monoisotopic (exact) mass is 259 g/mol. The second-order valence-electron chi connectivity index (χ2n) is 4.33. The van der Waals surface area contributed by atoms with Crippen LogP contribution in [0.5, 0.6) is 0 Å². The molecule has 0 aliphatic rings. The van der Waals surface area contributed by atoms with E-state index < -0.39 is 4.92 Å². The molecule has 1 heterocycles. The molecule has 0 radical (unpaired) electrons. The van der Waals surface area contributed by atoms with Crippen LogP contribution in [0, 0.1) is 30.9 Å². The van der Waals surface area contributed by atoms with E-state index in [0.717, 1.165) is 17.0 Å². The lowest BCUT2D eigenvalue weighted by atomic mass is 10.1. The molecule has 0 saturated carbocycles. The van der Waals surface area contributed by atoms with Crippen molar-refractivity contribution in [3.05, 3.63) is 50.8 Å². The van der Waals surface area contributed by atoms with E-state index in [2.05, 4.69) is 5.10 Å². The molecule has 19 heavy (non-hydrogen) atoms. The second kappa shape index (κ2) is 4.64. The molecule has 0 aliphatic heterocycles. The Morgan fingerprint density at radius 3 is 2.47 bits per heavy atom. The first-order valence-corrected chi connectivity index (χ1v) is 5.72. The molecule has 2 aromatic rings. The number of rotatable bonds is 3. The lowest BCUT2D eigenvalue weighted by Gasteiger charge is -2.07. The number of nitro groups is 1. The Balaban J connectivity index is 2.65. The summed E-state index contributed by atoms with van der Waals surface area (Å²) in [5, 5.41) is 15.1. The molecular weight excluding hydrogens is 246 g/mol. The van der Waals surface area contributed by atoms with E-state index in [-0.39, 0.29) is 11.3 Å². The summed E-state index contributed by atoms with van der Waals surface area (Å²) in [6.07, 6.45) is 0.605. The van der Waals surface area contributed by atoms with E-state index >= 15 is 0 Å². The predicted octanol–water partition coefficient (Wildman–Crippen LogP) is 2.52. The number of aromatic nitrogens is 2. The van der Waals surface area contributed by atoms with Crippen molar-refractivity contribution in [2.75, 3.05) is 0 Å². The summed E-state index contributed by atoms with van der Waals surface area (Å²) in [7, 11) is 0. The molecule has 0 N–H and O–H groups in total. The van der Waals surface area contributed by atoms with Gasteiger partial charge in [0.15, 0.2) is 6.29 Å². The zero-order valence-corrected chi connectivity index (χ0v) is 10.9. The van der Waals surface area contributed by atoms with Crippen LogP contribution < -0.4 is 0 Å². The van der Waals surface area contributed by atoms with E-state index in [1.165, 1.54) is 12.1 Å². The van der Waals surface area contributed by atoms with Crippen LogP contribution in [-0.4, -0.2) is 21.0 Å². The van der Waals surface area contributed by atoms with Crippen LogP contribution >= 0.6 is 0 Å². The molecule has 0 bridgehead atoms. The number of nitrogens with zero attached hydrogens (tertiary/aromatic N) is 3. The molecule has 98 valence electrons. The average Bonchev–Trinajstić information content (AvgIpc) is 2.65. The van der Waals surface area contributed by atoms with Crippen molar-refractivity contribution >= 4 is 12.0 Å². The molecule has 0 spiro atoms. The minimum absolute atomic E-state index is 0.107. The number of carbonyl (C=O) groups is 1. The van der Waals surface area contributed by atoms with Gasteiger partial charge in [-0.2, -0.15) is 5.10 Å². The highest BCUT2D eigenvalue weighted by Crippen LogP contribution is 2.23. The molecule has 0 unspecified atom stereocenters. The van der Waals surface area contributed by atoms with Crippen molar-refractivity contribution < 1.29 is 9.72 Å². The third-order valence-electron chi connectivity index (χ3n) is 3.23. The van der Waals surface area contributed by atoms with Gasteiger partial charge in [-0.15, -0.1) is 0 Å². The smallest absolute Gasteiger partial charge is 0.270 e. The second-order valence-corrected chi connectivity index (χ2v) is 4.33. The van der Waals surface area contributed by atoms with E-state index in [9.17, 15) is 14.9 Å². The highest BCUT2D eigenvalue weighted by atomic mass is 16.6. The largest absolute Gasteiger partial charge is 0.298 e. The van der Waals surface area contributed by atoms with Gasteiger partial charge in [-0.05, 0) is 32.4 Å². The van der Waals surface area contributed by atoms with E-state index in [1.54, 1.807) is 10.7 Å². The third-order valence-corrected chi connectivity index (χ3v) is 3.23. The fraction of sp³-hybridized carbons (Fsp3) is 0.231. The van der Waals surface area contributed by atoms with Crippen LogP contribution in [0.3, 0.4) is 0 Å².